The Balaban J connectivity index is 0.00000272. The number of aliphatic imine (C=N–C) groups is 1. The number of nitrogens with zero attached hydrogens (tertiary/aromatic N) is 3. The van der Waals surface area contributed by atoms with Gasteiger partial charge < -0.3 is 24.7 Å². The lowest BCUT2D eigenvalue weighted by Gasteiger charge is -2.14. The van der Waals surface area contributed by atoms with Gasteiger partial charge in [0.15, 0.2) is 17.5 Å². The molecule has 31 heavy (non-hydrogen) atoms. The molecule has 0 aliphatic carbocycles. The summed E-state index contributed by atoms with van der Waals surface area (Å²) in [4.78, 5) is 8.81. The molecule has 2 N–H and O–H groups in total. The summed E-state index contributed by atoms with van der Waals surface area (Å²) in [6, 6.07) is 16.3. The van der Waals surface area contributed by atoms with Gasteiger partial charge in [0.25, 0.3) is 0 Å². The van der Waals surface area contributed by atoms with Crippen LogP contribution in [-0.4, -0.2) is 35.8 Å². The first-order valence-corrected chi connectivity index (χ1v) is 10.2. The molecule has 0 unspecified atom stereocenters. The van der Waals surface area contributed by atoms with Crippen LogP contribution in [0.1, 0.15) is 17.8 Å². The lowest BCUT2D eigenvalue weighted by Crippen LogP contribution is -2.31. The number of benzene rings is 2. The molecule has 0 amide bonds. The van der Waals surface area contributed by atoms with E-state index in [1.165, 1.54) is 5.56 Å². The predicted octanol–water partition coefficient (Wildman–Crippen LogP) is 4.09. The summed E-state index contributed by atoms with van der Waals surface area (Å²) in [6.45, 7) is 2.80. The molecule has 1 aromatic heterocycles. The average Bonchev–Trinajstić information content (AvgIpc) is 3.10. The standard InChI is InChI=1S/C23H27N5O2.HI/c1-24-23(27-19-8-9-20-21(16-19)30-15-5-14-29-20)26-17-22-25-11-13-28(22)12-10-18-6-3-2-4-7-18;/h2-4,6-9,11,13,16H,5,10,12,14-15,17H2,1H3,(H2,24,26,27);1H. The molecule has 2 heterocycles. The Labute approximate surface area is 199 Å². The molecular weight excluding hydrogens is 505 g/mol. The van der Waals surface area contributed by atoms with Gasteiger partial charge in [0.1, 0.15) is 5.82 Å². The van der Waals surface area contributed by atoms with Gasteiger partial charge >= 0.3 is 0 Å². The number of fused-ring (bicyclic) bond motifs is 1. The van der Waals surface area contributed by atoms with E-state index in [1.54, 1.807) is 7.05 Å². The smallest absolute Gasteiger partial charge is 0.195 e. The first-order chi connectivity index (χ1) is 14.8. The van der Waals surface area contributed by atoms with Crippen molar-refractivity contribution in [2.45, 2.75) is 25.9 Å². The maximum Gasteiger partial charge on any atom is 0.195 e. The van der Waals surface area contributed by atoms with E-state index in [-0.39, 0.29) is 24.0 Å². The Morgan fingerprint density at radius 3 is 2.71 bits per heavy atom. The molecular formula is C23H28IN5O2. The van der Waals surface area contributed by atoms with Crippen molar-refractivity contribution < 1.29 is 9.47 Å². The first-order valence-electron chi connectivity index (χ1n) is 10.2. The molecule has 8 heteroatoms. The Hall–Kier alpha value is -2.75. The highest BCUT2D eigenvalue weighted by Crippen LogP contribution is 2.32. The lowest BCUT2D eigenvalue weighted by atomic mass is 10.1. The van der Waals surface area contributed by atoms with Crippen LogP contribution < -0.4 is 20.1 Å². The van der Waals surface area contributed by atoms with Gasteiger partial charge in [-0.15, -0.1) is 24.0 Å². The minimum Gasteiger partial charge on any atom is -0.490 e. The zero-order valence-corrected chi connectivity index (χ0v) is 19.9. The normalized spacial score (nSPS) is 13.1. The van der Waals surface area contributed by atoms with Crippen LogP contribution in [0.4, 0.5) is 5.69 Å². The highest BCUT2D eigenvalue weighted by molar-refractivity contribution is 14.0. The highest BCUT2D eigenvalue weighted by atomic mass is 127. The van der Waals surface area contributed by atoms with Crippen molar-refractivity contribution in [1.29, 1.82) is 0 Å². The molecule has 4 rings (SSSR count). The van der Waals surface area contributed by atoms with Gasteiger partial charge in [0.05, 0.1) is 19.8 Å². The quantitative estimate of drug-likeness (QED) is 0.284. The van der Waals surface area contributed by atoms with Crippen LogP contribution >= 0.6 is 24.0 Å². The second-order valence-corrected chi connectivity index (χ2v) is 7.04. The molecule has 0 bridgehead atoms. The summed E-state index contributed by atoms with van der Waals surface area (Å²) in [5, 5.41) is 6.64. The molecule has 7 nitrogen and oxygen atoms in total. The molecule has 1 aliphatic heterocycles. The number of guanidine groups is 1. The minimum atomic E-state index is 0. The maximum atomic E-state index is 5.76. The van der Waals surface area contributed by atoms with Crippen molar-refractivity contribution >= 4 is 35.6 Å². The number of nitrogens with one attached hydrogen (secondary N) is 2. The second-order valence-electron chi connectivity index (χ2n) is 7.04. The Morgan fingerprint density at radius 2 is 1.90 bits per heavy atom. The number of hydrogen-bond acceptors (Lipinski definition) is 4. The van der Waals surface area contributed by atoms with Gasteiger partial charge in [-0.3, -0.25) is 4.99 Å². The van der Waals surface area contributed by atoms with E-state index in [1.807, 2.05) is 36.7 Å². The third kappa shape index (κ3) is 6.36. The summed E-state index contributed by atoms with van der Waals surface area (Å²) in [7, 11) is 1.75. The fourth-order valence-electron chi connectivity index (χ4n) is 3.32. The van der Waals surface area contributed by atoms with Crippen LogP contribution in [0.15, 0.2) is 65.9 Å². The van der Waals surface area contributed by atoms with E-state index in [4.69, 9.17) is 9.47 Å². The zero-order valence-electron chi connectivity index (χ0n) is 17.6. The van der Waals surface area contributed by atoms with E-state index in [0.717, 1.165) is 42.4 Å². The summed E-state index contributed by atoms with van der Waals surface area (Å²) < 4.78 is 13.6. The Morgan fingerprint density at radius 1 is 1.10 bits per heavy atom. The second kappa shape index (κ2) is 11.6. The number of halogens is 1. The zero-order chi connectivity index (χ0) is 20.6. The number of anilines is 1. The molecule has 0 saturated carbocycles. The van der Waals surface area contributed by atoms with Crippen LogP contribution in [0.25, 0.3) is 0 Å². The van der Waals surface area contributed by atoms with Crippen molar-refractivity contribution in [2.75, 3.05) is 25.6 Å². The first kappa shape index (κ1) is 22.9. The Bertz CT molecular complexity index is 991. The van der Waals surface area contributed by atoms with E-state index in [0.29, 0.717) is 25.7 Å². The van der Waals surface area contributed by atoms with E-state index in [9.17, 15) is 0 Å². The Kier molecular flexibility index (Phi) is 8.57. The topological polar surface area (TPSA) is 72.7 Å². The fourth-order valence-corrected chi connectivity index (χ4v) is 3.32. The van der Waals surface area contributed by atoms with Crippen LogP contribution in [0.2, 0.25) is 0 Å². The van der Waals surface area contributed by atoms with Gasteiger partial charge in [0, 0.05) is 44.2 Å². The van der Waals surface area contributed by atoms with Crippen LogP contribution in [0, 0.1) is 0 Å². The predicted molar refractivity (Wildman–Crippen MR) is 134 cm³/mol. The highest BCUT2D eigenvalue weighted by Gasteiger charge is 2.12. The number of hydrogen-bond donors (Lipinski definition) is 2. The molecule has 2 aromatic carbocycles. The van der Waals surface area contributed by atoms with Crippen LogP contribution in [-0.2, 0) is 19.5 Å². The van der Waals surface area contributed by atoms with Gasteiger partial charge in [-0.25, -0.2) is 4.98 Å². The number of imidazole rings is 1. The average molecular weight is 533 g/mol. The van der Waals surface area contributed by atoms with Crippen molar-refractivity contribution in [3.8, 4) is 11.5 Å². The molecule has 1 aliphatic rings. The van der Waals surface area contributed by atoms with Crippen LogP contribution in [0.3, 0.4) is 0 Å². The maximum absolute atomic E-state index is 5.76. The molecule has 3 aromatic rings. The molecule has 0 fully saturated rings. The molecule has 0 atom stereocenters. The minimum absolute atomic E-state index is 0. The van der Waals surface area contributed by atoms with Gasteiger partial charge in [0.2, 0.25) is 0 Å². The van der Waals surface area contributed by atoms with Gasteiger partial charge in [-0.2, -0.15) is 0 Å². The molecule has 0 saturated heterocycles. The fraction of sp³-hybridized carbons (Fsp3) is 0.304. The third-order valence-corrected chi connectivity index (χ3v) is 4.93. The van der Waals surface area contributed by atoms with Crippen molar-refractivity contribution in [1.82, 2.24) is 14.9 Å². The number of ether oxygens (including phenoxy) is 2. The molecule has 0 radical (unpaired) electrons. The monoisotopic (exact) mass is 533 g/mol. The molecule has 0 spiro atoms. The molecule has 164 valence electrons. The van der Waals surface area contributed by atoms with Crippen molar-refractivity contribution in [2.24, 2.45) is 4.99 Å². The summed E-state index contributed by atoms with van der Waals surface area (Å²) >= 11 is 0. The van der Waals surface area contributed by atoms with Crippen molar-refractivity contribution in [3.05, 3.63) is 72.3 Å². The SMILES string of the molecule is CN=C(NCc1nccn1CCc1ccccc1)Nc1ccc2c(c1)OCCCO2.I. The van der Waals surface area contributed by atoms with Crippen molar-refractivity contribution in [3.63, 3.8) is 0 Å². The number of rotatable bonds is 6. The largest absolute Gasteiger partial charge is 0.490 e. The third-order valence-electron chi connectivity index (χ3n) is 4.93. The van der Waals surface area contributed by atoms with Crippen LogP contribution in [0.5, 0.6) is 11.5 Å². The summed E-state index contributed by atoms with van der Waals surface area (Å²) in [5.74, 6) is 3.17. The summed E-state index contributed by atoms with van der Waals surface area (Å²) in [6.07, 6.45) is 5.70. The number of aromatic nitrogens is 2. The van der Waals surface area contributed by atoms with Gasteiger partial charge in [-0.1, -0.05) is 30.3 Å². The van der Waals surface area contributed by atoms with E-state index < -0.39 is 0 Å². The lowest BCUT2D eigenvalue weighted by molar-refractivity contribution is 0.297. The van der Waals surface area contributed by atoms with E-state index in [2.05, 4.69) is 49.4 Å². The summed E-state index contributed by atoms with van der Waals surface area (Å²) in [5.41, 5.74) is 2.21. The number of aryl methyl sites for hydroxylation is 2. The van der Waals surface area contributed by atoms with Gasteiger partial charge in [-0.05, 0) is 24.1 Å². The van der Waals surface area contributed by atoms with E-state index >= 15 is 0 Å².